The van der Waals surface area contributed by atoms with Crippen molar-refractivity contribution in [1.82, 2.24) is 0 Å². The predicted molar refractivity (Wildman–Crippen MR) is 123 cm³/mol. The average Bonchev–Trinajstić information content (AvgIpc) is 2.83. The van der Waals surface area contributed by atoms with Crippen molar-refractivity contribution in [2.24, 2.45) is 0 Å². The minimum atomic E-state index is -0.942. The van der Waals surface area contributed by atoms with Gasteiger partial charge in [-0.2, -0.15) is 5.26 Å². The van der Waals surface area contributed by atoms with E-state index < -0.39 is 5.60 Å². The number of methoxy groups -OCH3 is 1. The largest absolute Gasteiger partial charge is 0.496 e. The Balaban J connectivity index is 1.79. The SMILES string of the molecule is COc1cc(C2(c3ccccc3C#N)C=Cc3c(ccc4ccccc34)O2)ccc1C. The minimum absolute atomic E-state index is 0.580. The first-order valence-corrected chi connectivity index (χ1v) is 10.2. The van der Waals surface area contributed by atoms with Gasteiger partial charge in [-0.05, 0) is 53.6 Å². The summed E-state index contributed by atoms with van der Waals surface area (Å²) in [5, 5.41) is 12.1. The Labute approximate surface area is 181 Å². The molecule has 0 spiro atoms. The van der Waals surface area contributed by atoms with E-state index in [1.165, 1.54) is 0 Å². The average molecular weight is 403 g/mol. The summed E-state index contributed by atoms with van der Waals surface area (Å²) in [4.78, 5) is 0. The van der Waals surface area contributed by atoms with Crippen LogP contribution in [0.4, 0.5) is 0 Å². The normalized spacial score (nSPS) is 16.9. The molecule has 1 aliphatic rings. The highest BCUT2D eigenvalue weighted by Gasteiger charge is 2.39. The van der Waals surface area contributed by atoms with Crippen molar-refractivity contribution >= 4 is 16.8 Å². The molecule has 4 aromatic carbocycles. The van der Waals surface area contributed by atoms with Crippen LogP contribution in [-0.4, -0.2) is 7.11 Å². The maximum absolute atomic E-state index is 9.84. The highest BCUT2D eigenvalue weighted by Crippen LogP contribution is 2.45. The van der Waals surface area contributed by atoms with E-state index in [0.717, 1.165) is 44.5 Å². The fourth-order valence-electron chi connectivity index (χ4n) is 4.36. The van der Waals surface area contributed by atoms with Crippen molar-refractivity contribution in [2.75, 3.05) is 7.11 Å². The van der Waals surface area contributed by atoms with Gasteiger partial charge in [-0.3, -0.25) is 0 Å². The van der Waals surface area contributed by atoms with Crippen LogP contribution in [0, 0.1) is 18.3 Å². The monoisotopic (exact) mass is 403 g/mol. The smallest absolute Gasteiger partial charge is 0.179 e. The topological polar surface area (TPSA) is 42.2 Å². The first-order valence-electron chi connectivity index (χ1n) is 10.2. The van der Waals surface area contributed by atoms with E-state index in [1.807, 2.05) is 67.6 Å². The third kappa shape index (κ3) is 2.96. The number of benzene rings is 4. The number of nitriles is 1. The first kappa shape index (κ1) is 19.0. The zero-order valence-corrected chi connectivity index (χ0v) is 17.4. The van der Waals surface area contributed by atoms with Gasteiger partial charge in [-0.1, -0.05) is 60.7 Å². The molecule has 0 fully saturated rings. The molecule has 31 heavy (non-hydrogen) atoms. The standard InChI is InChI=1S/C28H21NO2/c1-19-11-13-22(17-27(19)30-2)28(25-10-6-4-8-21(25)18-29)16-15-24-23-9-5-3-7-20(23)12-14-26(24)31-28/h3-17H,1-2H3. The molecule has 3 heteroatoms. The fourth-order valence-corrected chi connectivity index (χ4v) is 4.36. The molecule has 0 aliphatic carbocycles. The van der Waals surface area contributed by atoms with E-state index in [9.17, 15) is 5.26 Å². The van der Waals surface area contributed by atoms with Crippen molar-refractivity contribution in [1.29, 1.82) is 5.26 Å². The van der Waals surface area contributed by atoms with Gasteiger partial charge >= 0.3 is 0 Å². The molecule has 1 aliphatic heterocycles. The number of nitrogens with zero attached hydrogens (tertiary/aromatic N) is 1. The van der Waals surface area contributed by atoms with Crippen LogP contribution >= 0.6 is 0 Å². The number of hydrogen-bond donors (Lipinski definition) is 0. The van der Waals surface area contributed by atoms with Crippen molar-refractivity contribution < 1.29 is 9.47 Å². The van der Waals surface area contributed by atoms with Gasteiger partial charge in [0, 0.05) is 16.7 Å². The summed E-state index contributed by atoms with van der Waals surface area (Å²) in [7, 11) is 1.67. The van der Waals surface area contributed by atoms with Gasteiger partial charge in [0.2, 0.25) is 0 Å². The molecular weight excluding hydrogens is 382 g/mol. The van der Waals surface area contributed by atoms with E-state index in [0.29, 0.717) is 5.56 Å². The summed E-state index contributed by atoms with van der Waals surface area (Å²) in [5.74, 6) is 1.57. The number of aryl methyl sites for hydroxylation is 1. The molecule has 150 valence electrons. The number of hydrogen-bond acceptors (Lipinski definition) is 3. The molecule has 1 heterocycles. The summed E-state index contributed by atoms with van der Waals surface area (Å²) in [6.45, 7) is 2.01. The van der Waals surface area contributed by atoms with E-state index in [1.54, 1.807) is 7.11 Å². The molecule has 4 aromatic rings. The van der Waals surface area contributed by atoms with E-state index in [4.69, 9.17) is 9.47 Å². The van der Waals surface area contributed by atoms with E-state index >= 15 is 0 Å². The third-order valence-corrected chi connectivity index (χ3v) is 5.97. The number of rotatable bonds is 3. The molecule has 1 atom stereocenters. The van der Waals surface area contributed by atoms with Gasteiger partial charge < -0.3 is 9.47 Å². The molecule has 0 saturated heterocycles. The molecule has 0 amide bonds. The summed E-state index contributed by atoms with van der Waals surface area (Å²) in [5.41, 5.74) is 3.44. The lowest BCUT2D eigenvalue weighted by Crippen LogP contribution is -2.35. The molecule has 3 nitrogen and oxygen atoms in total. The Morgan fingerprint density at radius 1 is 0.935 bits per heavy atom. The summed E-state index contributed by atoms with van der Waals surface area (Å²) in [6.07, 6.45) is 4.17. The van der Waals surface area contributed by atoms with Crippen LogP contribution in [0.3, 0.4) is 0 Å². The second-order valence-corrected chi connectivity index (χ2v) is 7.71. The summed E-state index contributed by atoms with van der Waals surface area (Å²) < 4.78 is 12.4. The second-order valence-electron chi connectivity index (χ2n) is 7.71. The molecule has 1 unspecified atom stereocenters. The maximum atomic E-state index is 9.84. The molecular formula is C28H21NO2. The van der Waals surface area contributed by atoms with Gasteiger partial charge in [0.05, 0.1) is 18.7 Å². The van der Waals surface area contributed by atoms with Gasteiger partial charge in [0.25, 0.3) is 0 Å². The van der Waals surface area contributed by atoms with Crippen LogP contribution in [0.15, 0.2) is 84.9 Å². The minimum Gasteiger partial charge on any atom is -0.496 e. The predicted octanol–water partition coefficient (Wildman–Crippen LogP) is 6.38. The van der Waals surface area contributed by atoms with E-state index in [-0.39, 0.29) is 0 Å². The third-order valence-electron chi connectivity index (χ3n) is 5.97. The Bertz CT molecular complexity index is 1380. The highest BCUT2D eigenvalue weighted by molar-refractivity contribution is 5.94. The highest BCUT2D eigenvalue weighted by atomic mass is 16.5. The van der Waals surface area contributed by atoms with Crippen LogP contribution in [0.2, 0.25) is 0 Å². The van der Waals surface area contributed by atoms with Crippen molar-refractivity contribution in [3.63, 3.8) is 0 Å². The molecule has 0 aromatic heterocycles. The van der Waals surface area contributed by atoms with Crippen molar-refractivity contribution in [2.45, 2.75) is 12.5 Å². The van der Waals surface area contributed by atoms with E-state index in [2.05, 4.69) is 36.4 Å². The molecule has 5 rings (SSSR count). The zero-order chi connectivity index (χ0) is 21.4. The Kier molecular flexibility index (Phi) is 4.49. The lowest BCUT2D eigenvalue weighted by Gasteiger charge is -2.37. The number of fused-ring (bicyclic) bond motifs is 3. The first-order chi connectivity index (χ1) is 15.2. The molecule has 0 saturated carbocycles. The van der Waals surface area contributed by atoms with Crippen LogP contribution in [0.5, 0.6) is 11.5 Å². The lowest BCUT2D eigenvalue weighted by atomic mass is 9.80. The van der Waals surface area contributed by atoms with Crippen molar-refractivity contribution in [3.8, 4) is 17.6 Å². The molecule has 0 N–H and O–H groups in total. The molecule has 0 radical (unpaired) electrons. The van der Waals surface area contributed by atoms with Crippen LogP contribution in [0.1, 0.15) is 27.8 Å². The lowest BCUT2D eigenvalue weighted by molar-refractivity contribution is 0.160. The zero-order valence-electron chi connectivity index (χ0n) is 17.4. The summed E-state index contributed by atoms with van der Waals surface area (Å²) >= 11 is 0. The summed E-state index contributed by atoms with van der Waals surface area (Å²) in [6, 6.07) is 28.4. The van der Waals surface area contributed by atoms with Crippen molar-refractivity contribution in [3.05, 3.63) is 113 Å². The van der Waals surface area contributed by atoms with Gasteiger partial charge in [-0.25, -0.2) is 0 Å². The Morgan fingerprint density at radius 3 is 2.58 bits per heavy atom. The number of ether oxygens (including phenoxy) is 2. The Morgan fingerprint density at radius 2 is 1.74 bits per heavy atom. The van der Waals surface area contributed by atoms with Gasteiger partial charge in [-0.15, -0.1) is 0 Å². The van der Waals surface area contributed by atoms with Gasteiger partial charge in [0.1, 0.15) is 11.5 Å². The van der Waals surface area contributed by atoms with Crippen LogP contribution in [-0.2, 0) is 5.60 Å². The molecule has 0 bridgehead atoms. The van der Waals surface area contributed by atoms with Crippen LogP contribution < -0.4 is 9.47 Å². The maximum Gasteiger partial charge on any atom is 0.179 e. The second kappa shape index (κ2) is 7.34. The van der Waals surface area contributed by atoms with Crippen LogP contribution in [0.25, 0.3) is 16.8 Å². The van der Waals surface area contributed by atoms with Gasteiger partial charge in [0.15, 0.2) is 5.60 Å². The fraction of sp³-hybridized carbons (Fsp3) is 0.107. The quantitative estimate of drug-likeness (QED) is 0.399. The Hall–Kier alpha value is -4.03.